The Morgan fingerprint density at radius 3 is 2.43 bits per heavy atom. The van der Waals surface area contributed by atoms with Crippen molar-refractivity contribution < 1.29 is 8.78 Å². The van der Waals surface area contributed by atoms with Gasteiger partial charge in [-0.05, 0) is 46.8 Å². The second-order valence-electron chi connectivity index (χ2n) is 3.73. The summed E-state index contributed by atoms with van der Waals surface area (Å²) < 4.78 is 26.2. The summed E-state index contributed by atoms with van der Waals surface area (Å²) in [4.78, 5) is 0. The zero-order valence-corrected chi connectivity index (χ0v) is 9.07. The van der Waals surface area contributed by atoms with Gasteiger partial charge >= 0.3 is 0 Å². The number of benzene rings is 1. The number of rotatable bonds is 1. The Bertz CT molecular complexity index is 375. The van der Waals surface area contributed by atoms with Gasteiger partial charge in [0.1, 0.15) is 0 Å². The summed E-state index contributed by atoms with van der Waals surface area (Å²) in [5.74, 6) is -1.69. The fourth-order valence-corrected chi connectivity index (χ4v) is 2.45. The van der Waals surface area contributed by atoms with E-state index in [0.29, 0.717) is 5.56 Å². The van der Waals surface area contributed by atoms with E-state index in [1.165, 1.54) is 0 Å². The fraction of sp³-hybridized carbons (Fsp3) is 0.400. The molecule has 76 valence electrons. The highest BCUT2D eigenvalue weighted by Gasteiger charge is 2.36. The first-order chi connectivity index (χ1) is 6.54. The molecule has 2 N–H and O–H groups in total. The Labute approximate surface area is 89.4 Å². The predicted octanol–water partition coefficient (Wildman–Crippen LogP) is 3.07. The highest BCUT2D eigenvalue weighted by molar-refractivity contribution is 9.10. The minimum atomic E-state index is -0.848. The van der Waals surface area contributed by atoms with E-state index in [0.717, 1.165) is 25.3 Å². The maximum Gasteiger partial charge on any atom is 0.173 e. The lowest BCUT2D eigenvalue weighted by Gasteiger charge is -2.39. The second kappa shape index (κ2) is 3.28. The molecule has 0 amide bonds. The maximum absolute atomic E-state index is 13.2. The summed E-state index contributed by atoms with van der Waals surface area (Å²) in [5, 5.41) is 0. The molecule has 0 saturated heterocycles. The Balaban J connectivity index is 2.49. The molecule has 14 heavy (non-hydrogen) atoms. The van der Waals surface area contributed by atoms with Gasteiger partial charge in [0.25, 0.3) is 0 Å². The van der Waals surface area contributed by atoms with Crippen LogP contribution in [0.1, 0.15) is 24.8 Å². The zero-order chi connectivity index (χ0) is 10.3. The van der Waals surface area contributed by atoms with Crippen LogP contribution >= 0.6 is 15.9 Å². The average molecular weight is 262 g/mol. The molecule has 0 atom stereocenters. The van der Waals surface area contributed by atoms with Crippen LogP contribution < -0.4 is 5.73 Å². The molecule has 0 aliphatic heterocycles. The van der Waals surface area contributed by atoms with Crippen LogP contribution in [0.4, 0.5) is 8.78 Å². The molecule has 2 rings (SSSR count). The lowest BCUT2D eigenvalue weighted by atomic mass is 9.73. The van der Waals surface area contributed by atoms with Gasteiger partial charge in [-0.1, -0.05) is 6.07 Å². The van der Waals surface area contributed by atoms with E-state index in [1.54, 1.807) is 6.07 Å². The molecule has 0 aromatic heterocycles. The quantitative estimate of drug-likeness (QED) is 0.773. The Morgan fingerprint density at radius 1 is 1.29 bits per heavy atom. The molecule has 1 aromatic rings. The number of halogens is 3. The molecule has 1 aromatic carbocycles. The summed E-state index contributed by atoms with van der Waals surface area (Å²) >= 11 is 3.05. The summed E-state index contributed by atoms with van der Waals surface area (Å²) in [5.41, 5.74) is 6.23. The van der Waals surface area contributed by atoms with Gasteiger partial charge < -0.3 is 5.73 Å². The van der Waals surface area contributed by atoms with E-state index in [9.17, 15) is 8.78 Å². The van der Waals surface area contributed by atoms with Crippen molar-refractivity contribution in [2.45, 2.75) is 24.8 Å². The molecular formula is C10H10BrF2N. The smallest absolute Gasteiger partial charge is 0.173 e. The third-order valence-electron chi connectivity index (χ3n) is 2.82. The first-order valence-corrected chi connectivity index (χ1v) is 5.27. The monoisotopic (exact) mass is 261 g/mol. The van der Waals surface area contributed by atoms with Gasteiger partial charge in [-0.25, -0.2) is 8.78 Å². The van der Waals surface area contributed by atoms with Crippen molar-refractivity contribution in [3.05, 3.63) is 33.8 Å². The van der Waals surface area contributed by atoms with Gasteiger partial charge in [0.2, 0.25) is 0 Å². The first kappa shape index (κ1) is 10.1. The van der Waals surface area contributed by atoms with E-state index in [1.807, 2.05) is 0 Å². The van der Waals surface area contributed by atoms with Gasteiger partial charge in [0.15, 0.2) is 11.6 Å². The summed E-state index contributed by atoms with van der Waals surface area (Å²) in [6.07, 6.45) is 2.70. The fourth-order valence-electron chi connectivity index (χ4n) is 1.74. The molecule has 0 radical (unpaired) electrons. The molecular weight excluding hydrogens is 252 g/mol. The minimum Gasteiger partial charge on any atom is -0.321 e. The predicted molar refractivity (Wildman–Crippen MR) is 53.8 cm³/mol. The van der Waals surface area contributed by atoms with Gasteiger partial charge in [-0.3, -0.25) is 0 Å². The van der Waals surface area contributed by atoms with Crippen molar-refractivity contribution in [1.29, 1.82) is 0 Å². The third kappa shape index (κ3) is 1.37. The number of hydrogen-bond acceptors (Lipinski definition) is 1. The van der Waals surface area contributed by atoms with E-state index < -0.39 is 17.2 Å². The second-order valence-corrected chi connectivity index (χ2v) is 4.53. The highest BCUT2D eigenvalue weighted by Crippen LogP contribution is 2.42. The van der Waals surface area contributed by atoms with Crippen molar-refractivity contribution in [3.63, 3.8) is 0 Å². The van der Waals surface area contributed by atoms with Crippen LogP contribution in [0.5, 0.6) is 0 Å². The van der Waals surface area contributed by atoms with Crippen molar-refractivity contribution in [1.82, 2.24) is 0 Å². The topological polar surface area (TPSA) is 26.0 Å². The Kier molecular flexibility index (Phi) is 2.35. The highest BCUT2D eigenvalue weighted by atomic mass is 79.9. The number of hydrogen-bond donors (Lipinski definition) is 1. The van der Waals surface area contributed by atoms with E-state index >= 15 is 0 Å². The largest absolute Gasteiger partial charge is 0.321 e. The molecule has 4 heteroatoms. The van der Waals surface area contributed by atoms with Crippen LogP contribution in [-0.4, -0.2) is 0 Å². The van der Waals surface area contributed by atoms with Crippen LogP contribution in [0.3, 0.4) is 0 Å². The lowest BCUT2D eigenvalue weighted by Crippen LogP contribution is -2.43. The van der Waals surface area contributed by atoms with Crippen molar-refractivity contribution in [2.24, 2.45) is 5.73 Å². The van der Waals surface area contributed by atoms with Gasteiger partial charge in [-0.2, -0.15) is 0 Å². The summed E-state index contributed by atoms with van der Waals surface area (Å²) in [6, 6.07) is 2.68. The molecule has 0 heterocycles. The molecule has 1 nitrogen and oxygen atoms in total. The molecule has 1 aliphatic carbocycles. The standard InChI is InChI=1S/C10H10BrF2N/c11-8-6(10(14)4-1-5-10)2-3-7(12)9(8)13/h2-3H,1,4-5,14H2. The van der Waals surface area contributed by atoms with Crippen LogP contribution in [0, 0.1) is 11.6 Å². The van der Waals surface area contributed by atoms with Gasteiger partial charge in [0.05, 0.1) is 4.47 Å². The molecule has 1 fully saturated rings. The summed E-state index contributed by atoms with van der Waals surface area (Å²) in [6.45, 7) is 0. The molecule has 1 aliphatic rings. The van der Waals surface area contributed by atoms with Crippen LogP contribution in [0.25, 0.3) is 0 Å². The molecule has 0 spiro atoms. The maximum atomic E-state index is 13.2. The minimum absolute atomic E-state index is 0.166. The zero-order valence-electron chi connectivity index (χ0n) is 7.49. The van der Waals surface area contributed by atoms with Crippen LogP contribution in [0.2, 0.25) is 0 Å². The Morgan fingerprint density at radius 2 is 1.93 bits per heavy atom. The normalized spacial score (nSPS) is 19.1. The van der Waals surface area contributed by atoms with Crippen molar-refractivity contribution >= 4 is 15.9 Å². The average Bonchev–Trinajstić information content (AvgIpc) is 2.11. The van der Waals surface area contributed by atoms with Crippen molar-refractivity contribution in [3.8, 4) is 0 Å². The number of nitrogens with two attached hydrogens (primary N) is 1. The Hall–Kier alpha value is -0.480. The van der Waals surface area contributed by atoms with E-state index in [-0.39, 0.29) is 4.47 Å². The van der Waals surface area contributed by atoms with E-state index in [2.05, 4.69) is 15.9 Å². The third-order valence-corrected chi connectivity index (χ3v) is 3.59. The summed E-state index contributed by atoms with van der Waals surface area (Å²) in [7, 11) is 0. The van der Waals surface area contributed by atoms with Crippen molar-refractivity contribution in [2.75, 3.05) is 0 Å². The van der Waals surface area contributed by atoms with Crippen LogP contribution in [-0.2, 0) is 5.54 Å². The van der Waals surface area contributed by atoms with Gasteiger partial charge in [0, 0.05) is 5.54 Å². The molecule has 0 bridgehead atoms. The lowest BCUT2D eigenvalue weighted by molar-refractivity contribution is 0.251. The SMILES string of the molecule is NC1(c2ccc(F)c(F)c2Br)CCC1. The van der Waals surface area contributed by atoms with E-state index in [4.69, 9.17) is 5.73 Å². The van der Waals surface area contributed by atoms with Gasteiger partial charge in [-0.15, -0.1) is 0 Å². The molecule has 0 unspecified atom stereocenters. The first-order valence-electron chi connectivity index (χ1n) is 4.47. The molecule has 1 saturated carbocycles. The van der Waals surface area contributed by atoms with Crippen LogP contribution in [0.15, 0.2) is 16.6 Å².